The fourth-order valence-corrected chi connectivity index (χ4v) is 2.25. The van der Waals surface area contributed by atoms with Gasteiger partial charge in [0.15, 0.2) is 5.70 Å². The number of esters is 1. The summed E-state index contributed by atoms with van der Waals surface area (Å²) < 4.78 is 5.15. The summed E-state index contributed by atoms with van der Waals surface area (Å²) in [4.78, 5) is 15.9. The molecule has 2 aromatic rings. The van der Waals surface area contributed by atoms with Crippen LogP contribution in [0.2, 0.25) is 0 Å². The standard InChI is InChI=1S/C14H9NO2S/c16-14-12(8-10-6-7-18-9-10)15-13(17-14)11-4-2-1-3-5-11/h1-9H/b12-8-. The Morgan fingerprint density at radius 3 is 2.72 bits per heavy atom. The topological polar surface area (TPSA) is 38.7 Å². The molecule has 1 aromatic carbocycles. The summed E-state index contributed by atoms with van der Waals surface area (Å²) in [6, 6.07) is 11.3. The van der Waals surface area contributed by atoms with Gasteiger partial charge >= 0.3 is 5.97 Å². The van der Waals surface area contributed by atoms with Crippen LogP contribution in [-0.4, -0.2) is 11.9 Å². The molecular formula is C14H9NO2S. The highest BCUT2D eigenvalue weighted by Gasteiger charge is 2.23. The van der Waals surface area contributed by atoms with E-state index in [4.69, 9.17) is 4.74 Å². The average Bonchev–Trinajstić information content (AvgIpc) is 3.02. The van der Waals surface area contributed by atoms with E-state index in [1.165, 1.54) is 0 Å². The van der Waals surface area contributed by atoms with Crippen molar-refractivity contribution in [1.82, 2.24) is 0 Å². The summed E-state index contributed by atoms with van der Waals surface area (Å²) in [5.74, 6) is -0.0397. The monoisotopic (exact) mass is 255 g/mol. The minimum Gasteiger partial charge on any atom is -0.402 e. The van der Waals surface area contributed by atoms with Crippen molar-refractivity contribution >= 4 is 29.3 Å². The van der Waals surface area contributed by atoms with Crippen molar-refractivity contribution in [3.05, 3.63) is 64.0 Å². The van der Waals surface area contributed by atoms with Crippen molar-refractivity contribution in [3.63, 3.8) is 0 Å². The Kier molecular flexibility index (Phi) is 2.78. The van der Waals surface area contributed by atoms with Gasteiger partial charge in [-0.3, -0.25) is 0 Å². The van der Waals surface area contributed by atoms with Gasteiger partial charge in [-0.15, -0.1) is 0 Å². The molecule has 0 atom stereocenters. The van der Waals surface area contributed by atoms with Crippen molar-refractivity contribution in [2.75, 3.05) is 0 Å². The molecule has 18 heavy (non-hydrogen) atoms. The van der Waals surface area contributed by atoms with Crippen molar-refractivity contribution in [2.24, 2.45) is 4.99 Å². The molecule has 0 unspecified atom stereocenters. The van der Waals surface area contributed by atoms with Crippen LogP contribution in [0.1, 0.15) is 11.1 Å². The van der Waals surface area contributed by atoms with Crippen LogP contribution in [0.3, 0.4) is 0 Å². The quantitative estimate of drug-likeness (QED) is 0.611. The molecule has 1 aromatic heterocycles. The Morgan fingerprint density at radius 1 is 1.17 bits per heavy atom. The molecule has 0 bridgehead atoms. The summed E-state index contributed by atoms with van der Waals surface area (Å²) in [6.07, 6.45) is 1.73. The van der Waals surface area contributed by atoms with Crippen LogP contribution in [-0.2, 0) is 9.53 Å². The number of carbonyl (C=O) groups excluding carboxylic acids is 1. The maximum atomic E-state index is 11.7. The lowest BCUT2D eigenvalue weighted by atomic mass is 10.2. The Morgan fingerprint density at radius 2 is 2.00 bits per heavy atom. The number of aliphatic imine (C=N–C) groups is 1. The Balaban J connectivity index is 1.95. The molecule has 0 saturated heterocycles. The Bertz CT molecular complexity index is 627. The number of hydrogen-bond acceptors (Lipinski definition) is 4. The van der Waals surface area contributed by atoms with E-state index in [0.717, 1.165) is 11.1 Å². The highest BCUT2D eigenvalue weighted by Crippen LogP contribution is 2.19. The van der Waals surface area contributed by atoms with Crippen molar-refractivity contribution < 1.29 is 9.53 Å². The number of nitrogens with zero attached hydrogens (tertiary/aromatic N) is 1. The Labute approximate surface area is 108 Å². The minimum atomic E-state index is -0.403. The molecule has 1 aliphatic rings. The van der Waals surface area contributed by atoms with Crippen LogP contribution < -0.4 is 0 Å². The molecule has 3 nitrogen and oxygen atoms in total. The number of benzene rings is 1. The van der Waals surface area contributed by atoms with E-state index in [-0.39, 0.29) is 0 Å². The zero-order valence-corrected chi connectivity index (χ0v) is 10.2. The second-order valence-electron chi connectivity index (χ2n) is 3.76. The van der Waals surface area contributed by atoms with Crippen LogP contribution in [0.5, 0.6) is 0 Å². The lowest BCUT2D eigenvalue weighted by Gasteiger charge is -1.97. The number of carbonyl (C=O) groups is 1. The first-order valence-electron chi connectivity index (χ1n) is 5.43. The molecule has 0 spiro atoms. The van der Waals surface area contributed by atoms with Gasteiger partial charge in [0, 0.05) is 5.56 Å². The molecule has 0 aliphatic carbocycles. The molecule has 0 amide bonds. The zero-order chi connectivity index (χ0) is 12.4. The predicted molar refractivity (Wildman–Crippen MR) is 71.4 cm³/mol. The van der Waals surface area contributed by atoms with Crippen molar-refractivity contribution in [1.29, 1.82) is 0 Å². The molecule has 2 heterocycles. The third-order valence-electron chi connectivity index (χ3n) is 2.49. The fraction of sp³-hybridized carbons (Fsp3) is 0. The SMILES string of the molecule is O=C1OC(c2ccccc2)=N/C1=C\c1ccsc1. The van der Waals surface area contributed by atoms with E-state index in [0.29, 0.717) is 11.6 Å². The van der Waals surface area contributed by atoms with Crippen LogP contribution in [0.25, 0.3) is 6.08 Å². The highest BCUT2D eigenvalue weighted by atomic mass is 32.1. The van der Waals surface area contributed by atoms with Gasteiger partial charge in [-0.25, -0.2) is 9.79 Å². The first kappa shape index (κ1) is 10.9. The third-order valence-corrected chi connectivity index (χ3v) is 3.19. The van der Waals surface area contributed by atoms with E-state index in [9.17, 15) is 4.79 Å². The van der Waals surface area contributed by atoms with E-state index < -0.39 is 5.97 Å². The minimum absolute atomic E-state index is 0.340. The molecule has 0 saturated carbocycles. The molecule has 0 N–H and O–H groups in total. The van der Waals surface area contributed by atoms with Gasteiger partial charge in [0.25, 0.3) is 0 Å². The van der Waals surface area contributed by atoms with E-state index in [1.807, 2.05) is 47.2 Å². The Hall–Kier alpha value is -2.20. The number of hydrogen-bond donors (Lipinski definition) is 0. The molecule has 4 heteroatoms. The lowest BCUT2D eigenvalue weighted by Crippen LogP contribution is -2.04. The third kappa shape index (κ3) is 2.10. The van der Waals surface area contributed by atoms with Gasteiger partial charge in [-0.2, -0.15) is 11.3 Å². The van der Waals surface area contributed by atoms with Crippen LogP contribution in [0.15, 0.2) is 57.8 Å². The number of ether oxygens (including phenoxy) is 1. The number of thiophene rings is 1. The van der Waals surface area contributed by atoms with Crippen molar-refractivity contribution in [3.8, 4) is 0 Å². The van der Waals surface area contributed by atoms with Gasteiger partial charge in [0.2, 0.25) is 5.90 Å². The highest BCUT2D eigenvalue weighted by molar-refractivity contribution is 7.08. The molecule has 3 rings (SSSR count). The largest absolute Gasteiger partial charge is 0.402 e. The normalized spacial score (nSPS) is 16.8. The smallest absolute Gasteiger partial charge is 0.363 e. The number of rotatable bonds is 2. The maximum Gasteiger partial charge on any atom is 0.363 e. The maximum absolute atomic E-state index is 11.7. The molecule has 88 valence electrons. The summed E-state index contributed by atoms with van der Waals surface area (Å²) in [7, 11) is 0. The fourth-order valence-electron chi connectivity index (χ4n) is 1.63. The predicted octanol–water partition coefficient (Wildman–Crippen LogP) is 3.09. The molecular weight excluding hydrogens is 246 g/mol. The molecule has 0 fully saturated rings. The van der Waals surface area contributed by atoms with E-state index in [1.54, 1.807) is 17.4 Å². The summed E-state index contributed by atoms with van der Waals surface area (Å²) >= 11 is 1.58. The average molecular weight is 255 g/mol. The van der Waals surface area contributed by atoms with Gasteiger partial charge in [-0.05, 0) is 40.6 Å². The van der Waals surface area contributed by atoms with Crippen LogP contribution in [0.4, 0.5) is 0 Å². The van der Waals surface area contributed by atoms with Gasteiger partial charge < -0.3 is 4.74 Å². The summed E-state index contributed by atoms with van der Waals surface area (Å²) in [5.41, 5.74) is 2.11. The summed E-state index contributed by atoms with van der Waals surface area (Å²) in [6.45, 7) is 0. The van der Waals surface area contributed by atoms with E-state index in [2.05, 4.69) is 4.99 Å². The summed E-state index contributed by atoms with van der Waals surface area (Å²) in [5, 5.41) is 3.91. The van der Waals surface area contributed by atoms with Gasteiger partial charge in [0.1, 0.15) is 0 Å². The molecule has 0 radical (unpaired) electrons. The second kappa shape index (κ2) is 4.58. The first-order chi connectivity index (χ1) is 8.83. The lowest BCUT2D eigenvalue weighted by molar-refractivity contribution is -0.129. The first-order valence-corrected chi connectivity index (χ1v) is 6.37. The van der Waals surface area contributed by atoms with Gasteiger partial charge in [-0.1, -0.05) is 18.2 Å². The zero-order valence-electron chi connectivity index (χ0n) is 9.37. The second-order valence-corrected chi connectivity index (χ2v) is 4.54. The van der Waals surface area contributed by atoms with Crippen LogP contribution in [0, 0.1) is 0 Å². The molecule has 1 aliphatic heterocycles. The number of cyclic esters (lactones) is 1. The van der Waals surface area contributed by atoms with E-state index >= 15 is 0 Å². The van der Waals surface area contributed by atoms with Crippen LogP contribution >= 0.6 is 11.3 Å². The van der Waals surface area contributed by atoms with Crippen molar-refractivity contribution in [2.45, 2.75) is 0 Å². The van der Waals surface area contributed by atoms with Gasteiger partial charge in [0.05, 0.1) is 0 Å².